The zero-order chi connectivity index (χ0) is 19.1. The highest BCUT2D eigenvalue weighted by molar-refractivity contribution is 5.69. The first-order chi connectivity index (χ1) is 12.1. The minimum Gasteiger partial charge on any atom is -0.444 e. The van der Waals surface area contributed by atoms with E-state index in [0.29, 0.717) is 26.1 Å². The molecule has 2 unspecified atom stereocenters. The Balaban J connectivity index is 1.89. The topological polar surface area (TPSA) is 62.2 Å². The van der Waals surface area contributed by atoms with E-state index in [9.17, 15) is 9.90 Å². The van der Waals surface area contributed by atoms with Crippen molar-refractivity contribution in [1.29, 1.82) is 0 Å². The van der Waals surface area contributed by atoms with Gasteiger partial charge in [0.15, 0.2) is 0 Å². The van der Waals surface area contributed by atoms with Gasteiger partial charge in [-0.05, 0) is 26.8 Å². The molecule has 6 nitrogen and oxygen atoms in total. The minimum absolute atomic E-state index is 0.197. The third-order valence-electron chi connectivity index (χ3n) is 5.05. The van der Waals surface area contributed by atoms with Gasteiger partial charge in [0.05, 0.1) is 30.9 Å². The fourth-order valence-corrected chi connectivity index (χ4v) is 4.07. The van der Waals surface area contributed by atoms with Crippen LogP contribution in [-0.2, 0) is 15.1 Å². The van der Waals surface area contributed by atoms with Crippen LogP contribution in [0, 0.1) is 0 Å². The Labute approximate surface area is 155 Å². The molecule has 2 aliphatic heterocycles. The van der Waals surface area contributed by atoms with Crippen LogP contribution < -0.4 is 4.90 Å². The number of nitrogens with zero attached hydrogens (tertiary/aromatic N) is 2. The molecule has 3 rings (SSSR count). The zero-order valence-corrected chi connectivity index (χ0v) is 16.4. The van der Waals surface area contributed by atoms with Crippen molar-refractivity contribution >= 4 is 11.8 Å². The molecule has 1 aromatic carbocycles. The number of rotatable bonds is 2. The second kappa shape index (κ2) is 6.74. The van der Waals surface area contributed by atoms with Crippen LogP contribution in [0.2, 0.25) is 0 Å². The first kappa shape index (κ1) is 19.0. The van der Waals surface area contributed by atoms with Crippen LogP contribution in [0.1, 0.15) is 39.2 Å². The molecule has 2 saturated heterocycles. The number of hydrogen-bond donors (Lipinski definition) is 1. The van der Waals surface area contributed by atoms with Gasteiger partial charge in [0.25, 0.3) is 0 Å². The average Bonchev–Trinajstić information content (AvgIpc) is 2.52. The number of ether oxygens (including phenoxy) is 2. The van der Waals surface area contributed by atoms with E-state index in [1.54, 1.807) is 4.90 Å². The van der Waals surface area contributed by atoms with Crippen molar-refractivity contribution in [2.24, 2.45) is 0 Å². The summed E-state index contributed by atoms with van der Waals surface area (Å²) in [6.45, 7) is 6.44. The van der Waals surface area contributed by atoms with Crippen molar-refractivity contribution < 1.29 is 19.4 Å². The summed E-state index contributed by atoms with van der Waals surface area (Å²) >= 11 is 0. The molecule has 144 valence electrons. The Kier molecular flexibility index (Phi) is 4.92. The Bertz CT molecular complexity index is 654. The van der Waals surface area contributed by atoms with Crippen LogP contribution in [0.15, 0.2) is 24.3 Å². The fraction of sp³-hybridized carbons (Fsp3) is 0.650. The van der Waals surface area contributed by atoms with E-state index < -0.39 is 11.2 Å². The average molecular weight is 362 g/mol. The van der Waals surface area contributed by atoms with E-state index in [-0.39, 0.29) is 18.2 Å². The molecule has 2 atom stereocenters. The van der Waals surface area contributed by atoms with Gasteiger partial charge < -0.3 is 19.5 Å². The van der Waals surface area contributed by atoms with Crippen LogP contribution in [0.3, 0.4) is 0 Å². The molecule has 0 aromatic heterocycles. The molecule has 2 heterocycles. The summed E-state index contributed by atoms with van der Waals surface area (Å²) in [5.74, 6) is 0. The lowest BCUT2D eigenvalue weighted by atomic mass is 9.76. The Hall–Kier alpha value is -1.79. The summed E-state index contributed by atoms with van der Waals surface area (Å²) in [5.41, 5.74) is 0.376. The molecule has 1 aromatic rings. The summed E-state index contributed by atoms with van der Waals surface area (Å²) in [6.07, 6.45) is 0.556. The molecule has 0 radical (unpaired) electrons. The molecule has 26 heavy (non-hydrogen) atoms. The normalized spacial score (nSPS) is 28.6. The van der Waals surface area contributed by atoms with Gasteiger partial charge in [-0.3, -0.25) is 4.90 Å². The summed E-state index contributed by atoms with van der Waals surface area (Å²) in [4.78, 5) is 16.5. The maximum absolute atomic E-state index is 12.7. The van der Waals surface area contributed by atoms with Gasteiger partial charge in [0.2, 0.25) is 0 Å². The number of carbonyl (C=O) groups excluding carboxylic acids is 1. The summed E-state index contributed by atoms with van der Waals surface area (Å²) in [6, 6.07) is 7.53. The summed E-state index contributed by atoms with van der Waals surface area (Å²) in [5, 5.41) is 11.5. The number of para-hydroxylation sites is 1. The Morgan fingerprint density at radius 3 is 2.35 bits per heavy atom. The van der Waals surface area contributed by atoms with Crippen molar-refractivity contribution in [2.75, 3.05) is 32.2 Å². The first-order valence-electron chi connectivity index (χ1n) is 9.19. The van der Waals surface area contributed by atoms with Crippen molar-refractivity contribution in [1.82, 2.24) is 4.90 Å². The molecule has 6 heteroatoms. The van der Waals surface area contributed by atoms with Crippen LogP contribution in [-0.4, -0.2) is 61.1 Å². The molecule has 0 aliphatic carbocycles. The number of aliphatic hydroxyl groups is 1. The van der Waals surface area contributed by atoms with Crippen molar-refractivity contribution in [3.63, 3.8) is 0 Å². The number of amides is 1. The maximum atomic E-state index is 12.7. The minimum atomic E-state index is -0.988. The van der Waals surface area contributed by atoms with Gasteiger partial charge in [-0.25, -0.2) is 4.79 Å². The lowest BCUT2D eigenvalue weighted by Gasteiger charge is -2.51. The molecule has 2 fully saturated rings. The standard InChI is InChI=1S/C20H30N2O4/c1-19(2,3)26-18(23)22-14-10-20(24,11-15(22)13-25-12-14)16-8-6-7-9-17(16)21(4)5/h6-9,14-15,24H,10-13H2,1-5H3. The van der Waals surface area contributed by atoms with E-state index in [1.807, 2.05) is 64.0 Å². The molecule has 2 bridgehead atoms. The Morgan fingerprint density at radius 2 is 1.81 bits per heavy atom. The number of benzene rings is 1. The van der Waals surface area contributed by atoms with E-state index in [2.05, 4.69) is 0 Å². The van der Waals surface area contributed by atoms with E-state index in [0.717, 1.165) is 11.3 Å². The zero-order valence-electron chi connectivity index (χ0n) is 16.4. The molecular weight excluding hydrogens is 332 g/mol. The smallest absolute Gasteiger partial charge is 0.410 e. The van der Waals surface area contributed by atoms with Crippen LogP contribution in [0.5, 0.6) is 0 Å². The molecular formula is C20H30N2O4. The van der Waals surface area contributed by atoms with Gasteiger partial charge in [-0.1, -0.05) is 18.2 Å². The van der Waals surface area contributed by atoms with E-state index in [4.69, 9.17) is 9.47 Å². The van der Waals surface area contributed by atoms with Gasteiger partial charge in [-0.15, -0.1) is 0 Å². The first-order valence-corrected chi connectivity index (χ1v) is 9.19. The summed E-state index contributed by atoms with van der Waals surface area (Å²) in [7, 11) is 3.95. The number of morpholine rings is 1. The third kappa shape index (κ3) is 3.67. The van der Waals surface area contributed by atoms with Crippen molar-refractivity contribution in [3.8, 4) is 0 Å². The predicted octanol–water partition coefficient (Wildman–Crippen LogP) is 2.74. The molecule has 1 N–H and O–H groups in total. The molecule has 0 saturated carbocycles. The highest BCUT2D eigenvalue weighted by Crippen LogP contribution is 2.44. The van der Waals surface area contributed by atoms with E-state index >= 15 is 0 Å². The highest BCUT2D eigenvalue weighted by Gasteiger charge is 2.50. The molecule has 0 spiro atoms. The number of anilines is 1. The van der Waals surface area contributed by atoms with Crippen LogP contribution in [0.4, 0.5) is 10.5 Å². The largest absolute Gasteiger partial charge is 0.444 e. The van der Waals surface area contributed by atoms with E-state index in [1.165, 1.54) is 0 Å². The van der Waals surface area contributed by atoms with Crippen LogP contribution in [0.25, 0.3) is 0 Å². The Morgan fingerprint density at radius 1 is 1.23 bits per heavy atom. The number of hydrogen-bond acceptors (Lipinski definition) is 5. The lowest BCUT2D eigenvalue weighted by Crippen LogP contribution is -2.63. The van der Waals surface area contributed by atoms with Gasteiger partial charge >= 0.3 is 6.09 Å². The van der Waals surface area contributed by atoms with Crippen molar-refractivity contribution in [2.45, 2.75) is 56.9 Å². The number of piperidine rings is 1. The fourth-order valence-electron chi connectivity index (χ4n) is 4.07. The van der Waals surface area contributed by atoms with Crippen molar-refractivity contribution in [3.05, 3.63) is 29.8 Å². The van der Waals surface area contributed by atoms with Crippen LogP contribution >= 0.6 is 0 Å². The number of carbonyl (C=O) groups is 1. The predicted molar refractivity (Wildman–Crippen MR) is 100 cm³/mol. The highest BCUT2D eigenvalue weighted by atomic mass is 16.6. The third-order valence-corrected chi connectivity index (χ3v) is 5.05. The number of fused-ring (bicyclic) bond motifs is 2. The monoisotopic (exact) mass is 362 g/mol. The lowest BCUT2D eigenvalue weighted by molar-refractivity contribution is -0.141. The SMILES string of the molecule is CN(C)c1ccccc1C1(O)CC2COCC(C1)N2C(=O)OC(C)(C)C. The molecule has 2 aliphatic rings. The quantitative estimate of drug-likeness (QED) is 0.876. The second-order valence-electron chi connectivity index (χ2n) is 8.58. The van der Waals surface area contributed by atoms with Gasteiger partial charge in [-0.2, -0.15) is 0 Å². The second-order valence-corrected chi connectivity index (χ2v) is 8.58. The van der Waals surface area contributed by atoms with Gasteiger partial charge in [0.1, 0.15) is 5.60 Å². The van der Waals surface area contributed by atoms with Gasteiger partial charge in [0, 0.05) is 38.2 Å². The molecule has 1 amide bonds. The summed E-state index contributed by atoms with van der Waals surface area (Å²) < 4.78 is 11.3. The maximum Gasteiger partial charge on any atom is 0.410 e.